The zero-order valence-electron chi connectivity index (χ0n) is 9.59. The molecule has 0 heterocycles. The van der Waals surface area contributed by atoms with Crippen LogP contribution in [0, 0.1) is 11.3 Å². The number of aliphatic carboxylic acids is 1. The molecule has 18 heavy (non-hydrogen) atoms. The zero-order valence-corrected chi connectivity index (χ0v) is 9.59. The van der Waals surface area contributed by atoms with E-state index in [1.807, 2.05) is 5.32 Å². The maximum atomic E-state index is 12.1. The van der Waals surface area contributed by atoms with Crippen LogP contribution in [0.3, 0.4) is 0 Å². The van der Waals surface area contributed by atoms with Gasteiger partial charge in [-0.3, -0.25) is 9.59 Å². The van der Waals surface area contributed by atoms with Gasteiger partial charge in [-0.1, -0.05) is 6.42 Å². The Labute approximate surface area is 102 Å². The van der Waals surface area contributed by atoms with Crippen molar-refractivity contribution < 1.29 is 27.9 Å². The van der Waals surface area contributed by atoms with Crippen LogP contribution < -0.4 is 5.32 Å². The molecule has 4 nitrogen and oxygen atoms in total. The van der Waals surface area contributed by atoms with E-state index >= 15 is 0 Å². The standard InChI is InChI=1S/C11H14F3NO3/c12-11(13,14)9(18)15-7-4-6(5-8(16)17)10(7)2-1-3-10/h6-7H,1-5H2,(H,15,18)(H,16,17)/t6-,7-/m0/s1. The third-order valence-electron chi connectivity index (χ3n) is 4.30. The van der Waals surface area contributed by atoms with E-state index in [0.717, 1.165) is 6.42 Å². The highest BCUT2D eigenvalue weighted by Crippen LogP contribution is 2.61. The molecule has 0 aromatic heterocycles. The van der Waals surface area contributed by atoms with Crippen molar-refractivity contribution in [2.75, 3.05) is 0 Å². The summed E-state index contributed by atoms with van der Waals surface area (Å²) in [5.41, 5.74) is -0.403. The van der Waals surface area contributed by atoms with Gasteiger partial charge in [-0.2, -0.15) is 13.2 Å². The SMILES string of the molecule is O=C(O)C[C@@H]1C[C@H](NC(=O)C(F)(F)F)C12CCC2. The Balaban J connectivity index is 1.96. The summed E-state index contributed by atoms with van der Waals surface area (Å²) >= 11 is 0. The summed E-state index contributed by atoms with van der Waals surface area (Å²) in [5.74, 6) is -2.97. The summed E-state index contributed by atoms with van der Waals surface area (Å²) in [7, 11) is 0. The van der Waals surface area contributed by atoms with Crippen LogP contribution in [0.25, 0.3) is 0 Å². The van der Waals surface area contributed by atoms with Gasteiger partial charge in [-0.15, -0.1) is 0 Å². The molecule has 102 valence electrons. The van der Waals surface area contributed by atoms with Gasteiger partial charge < -0.3 is 10.4 Å². The largest absolute Gasteiger partial charge is 0.481 e. The number of carboxylic acids is 1. The van der Waals surface area contributed by atoms with Gasteiger partial charge in [0.05, 0.1) is 0 Å². The highest BCUT2D eigenvalue weighted by molar-refractivity contribution is 5.82. The lowest BCUT2D eigenvalue weighted by Gasteiger charge is -2.61. The molecule has 0 aliphatic heterocycles. The lowest BCUT2D eigenvalue weighted by atomic mass is 9.46. The number of hydrogen-bond acceptors (Lipinski definition) is 2. The molecule has 0 aromatic carbocycles. The maximum absolute atomic E-state index is 12.1. The Kier molecular flexibility index (Phi) is 3.03. The van der Waals surface area contributed by atoms with E-state index in [9.17, 15) is 22.8 Å². The number of nitrogens with one attached hydrogen (secondary N) is 1. The minimum absolute atomic E-state index is 0.0294. The summed E-state index contributed by atoms with van der Waals surface area (Å²) < 4.78 is 36.4. The second-order valence-electron chi connectivity index (χ2n) is 5.14. The Bertz CT molecular complexity index is 376. The van der Waals surface area contributed by atoms with Gasteiger partial charge in [0.1, 0.15) is 0 Å². The first-order valence-electron chi connectivity index (χ1n) is 5.85. The van der Waals surface area contributed by atoms with Crippen LogP contribution in [0.1, 0.15) is 32.1 Å². The molecule has 2 aliphatic carbocycles. The maximum Gasteiger partial charge on any atom is 0.471 e. The summed E-state index contributed by atoms with van der Waals surface area (Å²) in [6.07, 6.45) is -2.29. The van der Waals surface area contributed by atoms with E-state index < -0.39 is 29.5 Å². The fourth-order valence-electron chi connectivity index (χ4n) is 3.16. The van der Waals surface area contributed by atoms with Crippen LogP contribution in [0.4, 0.5) is 13.2 Å². The van der Waals surface area contributed by atoms with Gasteiger partial charge in [0.2, 0.25) is 0 Å². The average Bonchev–Trinajstić information content (AvgIpc) is 2.10. The topological polar surface area (TPSA) is 66.4 Å². The number of amides is 1. The highest BCUT2D eigenvalue weighted by Gasteiger charge is 2.59. The molecule has 0 radical (unpaired) electrons. The van der Waals surface area contributed by atoms with Crippen LogP contribution >= 0.6 is 0 Å². The average molecular weight is 265 g/mol. The summed E-state index contributed by atoms with van der Waals surface area (Å²) in [4.78, 5) is 21.5. The van der Waals surface area contributed by atoms with Gasteiger partial charge >= 0.3 is 18.1 Å². The van der Waals surface area contributed by atoms with E-state index in [1.165, 1.54) is 0 Å². The molecule has 0 saturated heterocycles. The minimum atomic E-state index is -4.87. The first-order valence-corrected chi connectivity index (χ1v) is 5.85. The van der Waals surface area contributed by atoms with E-state index in [1.54, 1.807) is 0 Å². The first-order chi connectivity index (χ1) is 8.25. The van der Waals surface area contributed by atoms with E-state index in [-0.39, 0.29) is 12.3 Å². The zero-order chi connectivity index (χ0) is 13.6. The van der Waals surface area contributed by atoms with Gasteiger partial charge in [-0.25, -0.2) is 0 Å². The van der Waals surface area contributed by atoms with Crippen molar-refractivity contribution in [2.45, 2.75) is 44.3 Å². The summed E-state index contributed by atoms with van der Waals surface area (Å²) in [5, 5.41) is 10.7. The fraction of sp³-hybridized carbons (Fsp3) is 0.818. The third kappa shape index (κ3) is 2.06. The number of carbonyl (C=O) groups is 2. The normalized spacial score (nSPS) is 29.3. The smallest absolute Gasteiger partial charge is 0.471 e. The summed E-state index contributed by atoms with van der Waals surface area (Å²) in [6.45, 7) is 0. The lowest BCUT2D eigenvalue weighted by molar-refractivity contribution is -0.182. The molecule has 2 fully saturated rings. The number of carbonyl (C=O) groups excluding carboxylic acids is 1. The molecule has 2 aliphatic rings. The van der Waals surface area contributed by atoms with E-state index in [4.69, 9.17) is 5.11 Å². The minimum Gasteiger partial charge on any atom is -0.481 e. The van der Waals surface area contributed by atoms with Crippen molar-refractivity contribution in [3.05, 3.63) is 0 Å². The Morgan fingerprint density at radius 3 is 2.33 bits per heavy atom. The van der Waals surface area contributed by atoms with Crippen LogP contribution in [-0.4, -0.2) is 29.2 Å². The van der Waals surface area contributed by atoms with Crippen LogP contribution in [0.5, 0.6) is 0 Å². The van der Waals surface area contributed by atoms with Crippen LogP contribution in [0.2, 0.25) is 0 Å². The van der Waals surface area contributed by atoms with Gasteiger partial charge in [0.25, 0.3) is 0 Å². The molecule has 2 rings (SSSR count). The molecule has 0 unspecified atom stereocenters. The number of halogens is 3. The lowest BCUT2D eigenvalue weighted by Crippen LogP contribution is -2.65. The number of hydrogen-bond donors (Lipinski definition) is 2. The molecule has 7 heteroatoms. The molecule has 2 N–H and O–H groups in total. The third-order valence-corrected chi connectivity index (χ3v) is 4.30. The van der Waals surface area contributed by atoms with Crippen LogP contribution in [0.15, 0.2) is 0 Å². The molecule has 1 spiro atoms. The molecule has 2 saturated carbocycles. The monoisotopic (exact) mass is 265 g/mol. The van der Waals surface area contributed by atoms with Crippen molar-refractivity contribution in [1.29, 1.82) is 0 Å². The molecule has 0 bridgehead atoms. The molecule has 1 amide bonds. The second kappa shape index (κ2) is 4.13. The Morgan fingerprint density at radius 2 is 1.94 bits per heavy atom. The molecule has 0 aromatic rings. The summed E-state index contributed by atoms with van der Waals surface area (Å²) in [6, 6.07) is -0.523. The molecule has 2 atom stereocenters. The Hall–Kier alpha value is -1.27. The first kappa shape index (κ1) is 13.2. The quantitative estimate of drug-likeness (QED) is 0.816. The van der Waals surface area contributed by atoms with Gasteiger partial charge in [-0.05, 0) is 30.6 Å². The Morgan fingerprint density at radius 1 is 1.33 bits per heavy atom. The molecular weight excluding hydrogens is 251 g/mol. The fourth-order valence-corrected chi connectivity index (χ4v) is 3.16. The highest BCUT2D eigenvalue weighted by atomic mass is 19.4. The van der Waals surface area contributed by atoms with Crippen molar-refractivity contribution in [1.82, 2.24) is 5.32 Å². The second-order valence-corrected chi connectivity index (χ2v) is 5.14. The predicted molar refractivity (Wildman–Crippen MR) is 54.6 cm³/mol. The van der Waals surface area contributed by atoms with Gasteiger partial charge in [0, 0.05) is 12.5 Å². The van der Waals surface area contributed by atoms with E-state index in [2.05, 4.69) is 0 Å². The van der Waals surface area contributed by atoms with E-state index in [0.29, 0.717) is 19.3 Å². The molecular formula is C11H14F3NO3. The van der Waals surface area contributed by atoms with Gasteiger partial charge in [0.15, 0.2) is 0 Å². The van der Waals surface area contributed by atoms with Crippen molar-refractivity contribution in [2.24, 2.45) is 11.3 Å². The van der Waals surface area contributed by atoms with Crippen molar-refractivity contribution in [3.8, 4) is 0 Å². The number of carboxylic acid groups (broad SMARTS) is 1. The predicted octanol–water partition coefficient (Wildman–Crippen LogP) is 1.70. The van der Waals surface area contributed by atoms with Crippen LogP contribution in [-0.2, 0) is 9.59 Å². The number of alkyl halides is 3. The van der Waals surface area contributed by atoms with Crippen molar-refractivity contribution >= 4 is 11.9 Å². The van der Waals surface area contributed by atoms with Crippen molar-refractivity contribution in [3.63, 3.8) is 0 Å². The number of rotatable bonds is 3.